The molecule has 0 saturated heterocycles. The fourth-order valence-electron chi connectivity index (χ4n) is 6.27. The van der Waals surface area contributed by atoms with Gasteiger partial charge in [0.1, 0.15) is 0 Å². The average molecular weight is 398 g/mol. The predicted molar refractivity (Wildman–Crippen MR) is 110 cm³/mol. The topological polar surface area (TPSA) is 87.3 Å². The van der Waals surface area contributed by atoms with Crippen LogP contribution in [-0.4, -0.2) is 31.3 Å². The number of hydrogen-bond acceptors (Lipinski definition) is 3. The van der Waals surface area contributed by atoms with Crippen LogP contribution in [0, 0.1) is 23.2 Å². The van der Waals surface area contributed by atoms with E-state index in [2.05, 4.69) is 16.0 Å². The van der Waals surface area contributed by atoms with Gasteiger partial charge >= 0.3 is 0 Å². The molecule has 6 heteroatoms. The molecule has 0 heterocycles. The molecule has 4 aliphatic carbocycles. The molecule has 3 amide bonds. The van der Waals surface area contributed by atoms with E-state index >= 15 is 0 Å². The molecule has 29 heavy (non-hydrogen) atoms. The summed E-state index contributed by atoms with van der Waals surface area (Å²) in [5.41, 5.74) is 1.69. The summed E-state index contributed by atoms with van der Waals surface area (Å²) < 4.78 is 0. The third kappa shape index (κ3) is 4.62. The summed E-state index contributed by atoms with van der Waals surface area (Å²) in [6.07, 6.45) is 8.28. The molecule has 4 fully saturated rings. The van der Waals surface area contributed by atoms with E-state index in [-0.39, 0.29) is 29.7 Å². The van der Waals surface area contributed by atoms with E-state index in [0.29, 0.717) is 18.5 Å². The van der Waals surface area contributed by atoms with Gasteiger partial charge < -0.3 is 16.0 Å². The predicted octanol–water partition coefficient (Wildman–Crippen LogP) is 2.39. The number of carbonyl (C=O) groups excluding carboxylic acids is 3. The van der Waals surface area contributed by atoms with E-state index in [1.807, 2.05) is 12.1 Å². The molecule has 4 saturated carbocycles. The van der Waals surface area contributed by atoms with E-state index < -0.39 is 0 Å². The number of nitrogens with one attached hydrogen (secondary N) is 3. The minimum Gasteiger partial charge on any atom is -0.355 e. The van der Waals surface area contributed by atoms with Crippen LogP contribution in [0.4, 0.5) is 0 Å². The quantitative estimate of drug-likeness (QED) is 0.660. The highest BCUT2D eigenvalue weighted by molar-refractivity contribution is 5.94. The van der Waals surface area contributed by atoms with Crippen molar-refractivity contribution in [3.63, 3.8) is 0 Å². The molecular formula is C23H31N3O3. The van der Waals surface area contributed by atoms with Gasteiger partial charge in [-0.1, -0.05) is 12.1 Å². The molecule has 6 nitrogen and oxygen atoms in total. The number of carbonyl (C=O) groups is 3. The van der Waals surface area contributed by atoms with Crippen LogP contribution in [0.15, 0.2) is 24.3 Å². The maximum Gasteiger partial charge on any atom is 0.251 e. The second-order valence-electron chi connectivity index (χ2n) is 9.42. The summed E-state index contributed by atoms with van der Waals surface area (Å²) in [4.78, 5) is 36.2. The van der Waals surface area contributed by atoms with Gasteiger partial charge in [-0.3, -0.25) is 14.4 Å². The van der Waals surface area contributed by atoms with Crippen molar-refractivity contribution in [3.05, 3.63) is 35.4 Å². The zero-order valence-corrected chi connectivity index (χ0v) is 17.1. The van der Waals surface area contributed by atoms with E-state index in [4.69, 9.17) is 0 Å². The Labute approximate surface area is 172 Å². The normalized spacial score (nSPS) is 29.3. The lowest BCUT2D eigenvalue weighted by atomic mass is 9.49. The van der Waals surface area contributed by atoms with Crippen LogP contribution in [0.1, 0.15) is 60.9 Å². The van der Waals surface area contributed by atoms with Gasteiger partial charge in [-0.2, -0.15) is 0 Å². The Kier molecular flexibility index (Phi) is 5.61. The Bertz CT molecular complexity index is 752. The molecule has 0 aromatic heterocycles. The van der Waals surface area contributed by atoms with Crippen LogP contribution in [0.5, 0.6) is 0 Å². The third-order valence-electron chi connectivity index (χ3n) is 7.08. The standard InChI is InChI=1S/C23H31N3O3/c1-24-22(29)19-4-2-15(3-5-19)13-25-21(28)14-26-20(27)12-23-9-16-6-17(10-23)8-18(7-16)11-23/h2-5,16-18H,6-14H2,1H3,(H,24,29)(H,25,28)(H,26,27). The highest BCUT2D eigenvalue weighted by Gasteiger charge is 2.51. The van der Waals surface area contributed by atoms with Crippen LogP contribution in [0.3, 0.4) is 0 Å². The van der Waals surface area contributed by atoms with Gasteiger partial charge in [-0.25, -0.2) is 0 Å². The molecule has 4 aliphatic rings. The minimum absolute atomic E-state index is 0.0111. The maximum absolute atomic E-state index is 12.5. The summed E-state index contributed by atoms with van der Waals surface area (Å²) in [7, 11) is 1.59. The molecule has 3 N–H and O–H groups in total. The fourth-order valence-corrected chi connectivity index (χ4v) is 6.27. The van der Waals surface area contributed by atoms with Crippen molar-refractivity contribution in [2.45, 2.75) is 51.5 Å². The molecule has 0 unspecified atom stereocenters. The Balaban J connectivity index is 1.20. The molecule has 0 atom stereocenters. The zero-order valence-electron chi connectivity index (χ0n) is 17.1. The molecule has 0 aliphatic heterocycles. The van der Waals surface area contributed by atoms with Gasteiger partial charge in [0.05, 0.1) is 6.54 Å². The van der Waals surface area contributed by atoms with Crippen LogP contribution in [0.2, 0.25) is 0 Å². The molecule has 156 valence electrons. The summed E-state index contributed by atoms with van der Waals surface area (Å²) in [6, 6.07) is 7.09. The molecule has 4 bridgehead atoms. The highest BCUT2D eigenvalue weighted by Crippen LogP contribution is 2.61. The highest BCUT2D eigenvalue weighted by atomic mass is 16.2. The second-order valence-corrected chi connectivity index (χ2v) is 9.42. The van der Waals surface area contributed by atoms with Crippen LogP contribution in [0.25, 0.3) is 0 Å². The first-order valence-electron chi connectivity index (χ1n) is 10.8. The van der Waals surface area contributed by atoms with Crippen molar-refractivity contribution in [1.82, 2.24) is 16.0 Å². The Morgan fingerprint density at radius 3 is 2.03 bits per heavy atom. The van der Waals surface area contributed by atoms with Crippen molar-refractivity contribution in [1.29, 1.82) is 0 Å². The van der Waals surface area contributed by atoms with E-state index in [1.54, 1.807) is 19.2 Å². The average Bonchev–Trinajstić information content (AvgIpc) is 2.69. The van der Waals surface area contributed by atoms with Crippen LogP contribution < -0.4 is 16.0 Å². The fraction of sp³-hybridized carbons (Fsp3) is 0.609. The SMILES string of the molecule is CNC(=O)c1ccc(CNC(=O)CNC(=O)CC23CC4CC(CC(C4)C2)C3)cc1. The zero-order chi connectivity index (χ0) is 20.4. The van der Waals surface area contributed by atoms with Crippen LogP contribution in [-0.2, 0) is 16.1 Å². The van der Waals surface area contributed by atoms with Crippen molar-refractivity contribution in [2.75, 3.05) is 13.6 Å². The van der Waals surface area contributed by atoms with E-state index in [9.17, 15) is 14.4 Å². The van der Waals surface area contributed by atoms with Crippen molar-refractivity contribution >= 4 is 17.7 Å². The number of hydrogen-bond donors (Lipinski definition) is 3. The Morgan fingerprint density at radius 1 is 0.897 bits per heavy atom. The minimum atomic E-state index is -0.195. The van der Waals surface area contributed by atoms with Gasteiger partial charge in [0.25, 0.3) is 5.91 Å². The maximum atomic E-state index is 12.5. The molecule has 1 aromatic carbocycles. The first kappa shape index (κ1) is 19.9. The van der Waals surface area contributed by atoms with Gasteiger partial charge in [-0.05, 0) is 79.4 Å². The summed E-state index contributed by atoms with van der Waals surface area (Å²) in [5, 5.41) is 8.22. The van der Waals surface area contributed by atoms with Crippen LogP contribution >= 0.6 is 0 Å². The summed E-state index contributed by atoms with van der Waals surface area (Å²) in [5.74, 6) is 2.16. The van der Waals surface area contributed by atoms with Crippen molar-refractivity contribution in [3.8, 4) is 0 Å². The number of amides is 3. The van der Waals surface area contributed by atoms with Gasteiger partial charge in [0.2, 0.25) is 11.8 Å². The third-order valence-corrected chi connectivity index (χ3v) is 7.08. The largest absolute Gasteiger partial charge is 0.355 e. The summed E-state index contributed by atoms with van der Waals surface area (Å²) in [6.45, 7) is 0.388. The van der Waals surface area contributed by atoms with Gasteiger partial charge in [0, 0.05) is 25.6 Å². The van der Waals surface area contributed by atoms with Crippen molar-refractivity contribution in [2.24, 2.45) is 23.2 Å². The Hall–Kier alpha value is -2.37. The molecule has 0 radical (unpaired) electrons. The molecule has 5 rings (SSSR count). The van der Waals surface area contributed by atoms with E-state index in [1.165, 1.54) is 38.5 Å². The van der Waals surface area contributed by atoms with Gasteiger partial charge in [0.15, 0.2) is 0 Å². The second kappa shape index (κ2) is 8.17. The lowest BCUT2D eigenvalue weighted by molar-refractivity contribution is -0.131. The molecule has 0 spiro atoms. The van der Waals surface area contributed by atoms with Gasteiger partial charge in [-0.15, -0.1) is 0 Å². The molecule has 1 aromatic rings. The first-order valence-corrected chi connectivity index (χ1v) is 10.8. The smallest absolute Gasteiger partial charge is 0.251 e. The van der Waals surface area contributed by atoms with Crippen molar-refractivity contribution < 1.29 is 14.4 Å². The number of benzene rings is 1. The monoisotopic (exact) mass is 397 g/mol. The lowest BCUT2D eigenvalue weighted by Crippen LogP contribution is -2.48. The lowest BCUT2D eigenvalue weighted by Gasteiger charge is -2.56. The number of rotatable bonds is 7. The van der Waals surface area contributed by atoms with E-state index in [0.717, 1.165) is 23.3 Å². The molecular weight excluding hydrogens is 366 g/mol. The first-order chi connectivity index (χ1) is 13.9. The Morgan fingerprint density at radius 2 is 1.48 bits per heavy atom. The summed E-state index contributed by atoms with van der Waals surface area (Å²) >= 11 is 0.